The second-order valence-electron chi connectivity index (χ2n) is 5.15. The summed E-state index contributed by atoms with van der Waals surface area (Å²) in [5.74, 6) is 1.42. The molecule has 2 atom stereocenters. The van der Waals surface area contributed by atoms with Gasteiger partial charge >= 0.3 is 0 Å². The van der Waals surface area contributed by atoms with E-state index in [-0.39, 0.29) is 11.9 Å². The fourth-order valence-corrected chi connectivity index (χ4v) is 3.66. The van der Waals surface area contributed by atoms with E-state index in [0.717, 1.165) is 30.9 Å². The lowest BCUT2D eigenvalue weighted by atomic mass is 10.1. The van der Waals surface area contributed by atoms with Crippen LogP contribution in [0.2, 0.25) is 0 Å². The zero-order valence-corrected chi connectivity index (χ0v) is 13.5. The SMILES string of the molecule is C[C@@H](CC[C@H]1CCCO1)NC(=O)CSCc1cscn1. The molecule has 2 rings (SSSR count). The zero-order valence-electron chi connectivity index (χ0n) is 11.8. The quantitative estimate of drug-likeness (QED) is 0.801. The van der Waals surface area contributed by atoms with Crippen molar-refractivity contribution in [2.75, 3.05) is 12.4 Å². The molecule has 1 fully saturated rings. The summed E-state index contributed by atoms with van der Waals surface area (Å²) >= 11 is 3.20. The Morgan fingerprint density at radius 3 is 3.30 bits per heavy atom. The highest BCUT2D eigenvalue weighted by Gasteiger charge is 2.17. The number of hydrogen-bond acceptors (Lipinski definition) is 5. The van der Waals surface area contributed by atoms with Crippen LogP contribution < -0.4 is 5.32 Å². The molecule has 0 aliphatic carbocycles. The third-order valence-electron chi connectivity index (χ3n) is 3.32. The van der Waals surface area contributed by atoms with E-state index in [1.54, 1.807) is 23.1 Å². The van der Waals surface area contributed by atoms with Gasteiger partial charge in [0.15, 0.2) is 0 Å². The van der Waals surface area contributed by atoms with E-state index < -0.39 is 0 Å². The Labute approximate surface area is 128 Å². The fraction of sp³-hybridized carbons (Fsp3) is 0.714. The highest BCUT2D eigenvalue weighted by atomic mass is 32.2. The Balaban J connectivity index is 1.53. The van der Waals surface area contributed by atoms with Gasteiger partial charge in [-0.25, -0.2) is 4.98 Å². The molecule has 1 aliphatic rings. The van der Waals surface area contributed by atoms with Crippen LogP contribution in [0, 0.1) is 0 Å². The minimum Gasteiger partial charge on any atom is -0.378 e. The van der Waals surface area contributed by atoms with Crippen molar-refractivity contribution in [2.24, 2.45) is 0 Å². The number of amides is 1. The van der Waals surface area contributed by atoms with Gasteiger partial charge in [0.2, 0.25) is 5.91 Å². The van der Waals surface area contributed by atoms with Gasteiger partial charge in [-0.2, -0.15) is 0 Å². The molecule has 20 heavy (non-hydrogen) atoms. The lowest BCUT2D eigenvalue weighted by Gasteiger charge is -2.16. The standard InChI is InChI=1S/C14H22N2O2S2/c1-11(4-5-13-3-2-6-18-13)16-14(17)9-19-7-12-8-20-10-15-12/h8,10-11,13H,2-7,9H2,1H3,(H,16,17)/t11-,13+/m0/s1. The second kappa shape index (κ2) is 8.64. The fourth-order valence-electron chi connectivity index (χ4n) is 2.25. The first-order valence-electron chi connectivity index (χ1n) is 7.10. The van der Waals surface area contributed by atoms with Crippen molar-refractivity contribution in [2.45, 2.75) is 50.5 Å². The van der Waals surface area contributed by atoms with Gasteiger partial charge in [-0.15, -0.1) is 23.1 Å². The number of aromatic nitrogens is 1. The average molecular weight is 314 g/mol. The molecule has 0 spiro atoms. The maximum Gasteiger partial charge on any atom is 0.230 e. The molecule has 1 N–H and O–H groups in total. The first kappa shape index (κ1) is 15.8. The van der Waals surface area contributed by atoms with Crippen LogP contribution in [0.3, 0.4) is 0 Å². The number of carbonyl (C=O) groups is 1. The van der Waals surface area contributed by atoms with Crippen molar-refractivity contribution in [3.05, 3.63) is 16.6 Å². The van der Waals surface area contributed by atoms with Gasteiger partial charge in [0.25, 0.3) is 0 Å². The molecule has 0 saturated carbocycles. The van der Waals surface area contributed by atoms with Crippen LogP contribution in [0.5, 0.6) is 0 Å². The predicted molar refractivity (Wildman–Crippen MR) is 84.1 cm³/mol. The first-order chi connectivity index (χ1) is 9.74. The molecule has 1 aromatic rings. The Hall–Kier alpha value is -0.590. The molecule has 0 bridgehead atoms. The number of rotatable bonds is 8. The van der Waals surface area contributed by atoms with Gasteiger partial charge in [-0.05, 0) is 32.6 Å². The summed E-state index contributed by atoms with van der Waals surface area (Å²) in [5, 5.41) is 5.07. The van der Waals surface area contributed by atoms with Crippen LogP contribution in [0.1, 0.15) is 38.3 Å². The van der Waals surface area contributed by atoms with E-state index in [1.165, 1.54) is 12.8 Å². The van der Waals surface area contributed by atoms with Crippen molar-refractivity contribution in [1.82, 2.24) is 10.3 Å². The Morgan fingerprint density at radius 1 is 1.70 bits per heavy atom. The first-order valence-corrected chi connectivity index (χ1v) is 9.19. The minimum atomic E-state index is 0.116. The predicted octanol–water partition coefficient (Wildman–Crippen LogP) is 2.84. The van der Waals surface area contributed by atoms with E-state index in [2.05, 4.69) is 17.2 Å². The van der Waals surface area contributed by atoms with Gasteiger partial charge in [-0.1, -0.05) is 0 Å². The molecule has 0 unspecified atom stereocenters. The number of thiazole rings is 1. The van der Waals surface area contributed by atoms with Crippen LogP contribution in [0.4, 0.5) is 0 Å². The Kier molecular flexibility index (Phi) is 6.82. The summed E-state index contributed by atoms with van der Waals surface area (Å²) in [7, 11) is 0. The van der Waals surface area contributed by atoms with Crippen LogP contribution in [-0.4, -0.2) is 35.4 Å². The molecule has 2 heterocycles. The third-order valence-corrected chi connectivity index (χ3v) is 4.92. The number of nitrogens with one attached hydrogen (secondary N) is 1. The smallest absolute Gasteiger partial charge is 0.230 e. The average Bonchev–Trinajstić information content (AvgIpc) is 3.09. The zero-order chi connectivity index (χ0) is 14.2. The minimum absolute atomic E-state index is 0.116. The van der Waals surface area contributed by atoms with Crippen LogP contribution in [-0.2, 0) is 15.3 Å². The van der Waals surface area contributed by atoms with Gasteiger partial charge in [0.05, 0.1) is 23.1 Å². The topological polar surface area (TPSA) is 51.2 Å². The van der Waals surface area contributed by atoms with Gasteiger partial charge in [-0.3, -0.25) is 4.79 Å². The normalized spacial score (nSPS) is 19.9. The summed E-state index contributed by atoms with van der Waals surface area (Å²) in [6.07, 6.45) is 4.80. The Morgan fingerprint density at radius 2 is 2.60 bits per heavy atom. The number of thioether (sulfide) groups is 1. The van der Waals surface area contributed by atoms with Crippen LogP contribution in [0.15, 0.2) is 10.9 Å². The lowest BCUT2D eigenvalue weighted by molar-refractivity contribution is -0.119. The summed E-state index contributed by atoms with van der Waals surface area (Å²) in [6.45, 7) is 2.97. The number of carbonyl (C=O) groups excluding carboxylic acids is 1. The number of nitrogens with zero attached hydrogens (tertiary/aromatic N) is 1. The van der Waals surface area contributed by atoms with Crippen LogP contribution >= 0.6 is 23.1 Å². The van der Waals surface area contributed by atoms with E-state index in [4.69, 9.17) is 4.74 Å². The van der Waals surface area contributed by atoms with E-state index in [9.17, 15) is 4.79 Å². The Bertz CT molecular complexity index is 392. The molecular weight excluding hydrogens is 292 g/mol. The van der Waals surface area contributed by atoms with Crippen molar-refractivity contribution in [1.29, 1.82) is 0 Å². The van der Waals surface area contributed by atoms with Crippen LogP contribution in [0.25, 0.3) is 0 Å². The molecule has 1 saturated heterocycles. The lowest BCUT2D eigenvalue weighted by Crippen LogP contribution is -2.34. The van der Waals surface area contributed by atoms with Crippen molar-refractivity contribution in [3.63, 3.8) is 0 Å². The maximum absolute atomic E-state index is 11.8. The summed E-state index contributed by atoms with van der Waals surface area (Å²) < 4.78 is 5.59. The molecular formula is C14H22N2O2S2. The summed E-state index contributed by atoms with van der Waals surface area (Å²) in [5.41, 5.74) is 2.88. The molecule has 1 amide bonds. The number of hydrogen-bond donors (Lipinski definition) is 1. The molecule has 0 radical (unpaired) electrons. The molecule has 112 valence electrons. The van der Waals surface area contributed by atoms with E-state index >= 15 is 0 Å². The second-order valence-corrected chi connectivity index (χ2v) is 6.86. The van der Waals surface area contributed by atoms with Crippen molar-refractivity contribution in [3.8, 4) is 0 Å². The van der Waals surface area contributed by atoms with Gasteiger partial charge in [0, 0.05) is 23.8 Å². The van der Waals surface area contributed by atoms with E-state index in [0.29, 0.717) is 11.9 Å². The molecule has 1 aromatic heterocycles. The maximum atomic E-state index is 11.8. The van der Waals surface area contributed by atoms with Gasteiger partial charge in [0.1, 0.15) is 0 Å². The highest BCUT2D eigenvalue weighted by Crippen LogP contribution is 2.17. The van der Waals surface area contributed by atoms with Gasteiger partial charge < -0.3 is 10.1 Å². The summed E-state index contributed by atoms with van der Waals surface area (Å²) in [4.78, 5) is 16.0. The molecule has 1 aliphatic heterocycles. The highest BCUT2D eigenvalue weighted by molar-refractivity contribution is 7.99. The van der Waals surface area contributed by atoms with E-state index in [1.807, 2.05) is 10.9 Å². The monoisotopic (exact) mass is 314 g/mol. The van der Waals surface area contributed by atoms with Crippen molar-refractivity contribution >= 4 is 29.0 Å². The largest absolute Gasteiger partial charge is 0.378 e. The molecule has 4 nitrogen and oxygen atoms in total. The number of ether oxygens (including phenoxy) is 1. The van der Waals surface area contributed by atoms with Crippen molar-refractivity contribution < 1.29 is 9.53 Å². The third kappa shape index (κ3) is 5.81. The molecule has 0 aromatic carbocycles. The summed E-state index contributed by atoms with van der Waals surface area (Å²) in [6, 6.07) is 0.228. The molecule has 6 heteroatoms.